The molecule has 0 unspecified atom stereocenters. The summed E-state index contributed by atoms with van der Waals surface area (Å²) in [7, 11) is -1.66. The van der Waals surface area contributed by atoms with Crippen LogP contribution in [0.3, 0.4) is 0 Å². The van der Waals surface area contributed by atoms with Crippen LogP contribution in [0.2, 0.25) is 5.02 Å². The predicted molar refractivity (Wildman–Crippen MR) is 158 cm³/mol. The van der Waals surface area contributed by atoms with Gasteiger partial charge in [-0.3, -0.25) is 0 Å². The number of halogens is 4. The number of hydrogen-bond donors (Lipinski definition) is 1. The topological polar surface area (TPSA) is 57.6 Å². The minimum absolute atomic E-state index is 0.134. The van der Waals surface area contributed by atoms with E-state index in [2.05, 4.69) is 29.2 Å². The van der Waals surface area contributed by atoms with Crippen molar-refractivity contribution in [3.8, 4) is 5.75 Å². The van der Waals surface area contributed by atoms with E-state index in [1.54, 1.807) is 6.07 Å². The molecule has 0 heterocycles. The average Bonchev–Trinajstić information content (AvgIpc) is 3.09. The Hall–Kier alpha value is -2.03. The number of benzene rings is 2. The van der Waals surface area contributed by atoms with Gasteiger partial charge in [-0.05, 0) is 105 Å². The van der Waals surface area contributed by atoms with Crippen LogP contribution in [0.5, 0.6) is 5.75 Å². The van der Waals surface area contributed by atoms with Crippen molar-refractivity contribution in [2.45, 2.75) is 76.8 Å². The fraction of sp³-hybridized carbons (Fsp3) is 0.548. The van der Waals surface area contributed by atoms with Crippen LogP contribution in [0.25, 0.3) is 11.1 Å². The number of alkyl halides is 3. The molecule has 40 heavy (non-hydrogen) atoms. The number of sulfone groups is 1. The molecule has 0 atom stereocenters. The third kappa shape index (κ3) is 10.4. The standard InChI is InChI=1S/C31H41ClF3NO3S/c1-36(21-9-10-22-40(38,39)23-19-31(33,34)35)20-8-3-2-7-14-26-25(24-12-5-4-6-13-24)15-11-16-28-27(26)17-18-29(37)30(28)32/h4-6,12-13,17-18,37H,2-3,7-11,14-16,19-23H2,1H3. The fourth-order valence-electron chi connectivity index (χ4n) is 5.36. The van der Waals surface area contributed by atoms with Gasteiger partial charge in [0.25, 0.3) is 0 Å². The van der Waals surface area contributed by atoms with Gasteiger partial charge in [-0.25, -0.2) is 8.42 Å². The first-order chi connectivity index (χ1) is 19.0. The van der Waals surface area contributed by atoms with Crippen LogP contribution >= 0.6 is 11.6 Å². The first kappa shape index (κ1) is 32.5. The first-order valence-corrected chi connectivity index (χ1v) is 16.4. The van der Waals surface area contributed by atoms with Crippen LogP contribution in [-0.2, 0) is 16.3 Å². The number of phenols is 1. The summed E-state index contributed by atoms with van der Waals surface area (Å²) >= 11 is 6.52. The second kappa shape index (κ2) is 15.3. The van der Waals surface area contributed by atoms with Gasteiger partial charge in [-0.15, -0.1) is 0 Å². The summed E-state index contributed by atoms with van der Waals surface area (Å²) in [6.07, 6.45) is 3.29. The van der Waals surface area contributed by atoms with Crippen molar-refractivity contribution in [2.75, 3.05) is 31.6 Å². The van der Waals surface area contributed by atoms with Gasteiger partial charge in [0.1, 0.15) is 5.75 Å². The quantitative estimate of drug-likeness (QED) is 0.209. The van der Waals surface area contributed by atoms with E-state index >= 15 is 0 Å². The largest absolute Gasteiger partial charge is 0.506 e. The molecule has 0 saturated heterocycles. The summed E-state index contributed by atoms with van der Waals surface area (Å²) in [4.78, 5) is 2.16. The number of fused-ring (bicyclic) bond motifs is 1. The zero-order valence-electron chi connectivity index (χ0n) is 23.3. The van der Waals surface area contributed by atoms with Gasteiger partial charge >= 0.3 is 6.18 Å². The molecule has 4 nitrogen and oxygen atoms in total. The monoisotopic (exact) mass is 599 g/mol. The molecule has 3 rings (SSSR count). The second-order valence-corrected chi connectivity index (χ2v) is 13.5. The zero-order valence-corrected chi connectivity index (χ0v) is 24.9. The van der Waals surface area contributed by atoms with E-state index in [1.165, 1.54) is 16.7 Å². The molecule has 1 aliphatic carbocycles. The van der Waals surface area contributed by atoms with Crippen LogP contribution < -0.4 is 0 Å². The molecular formula is C31H41ClF3NO3S. The number of nitrogens with zero attached hydrogens (tertiary/aromatic N) is 1. The van der Waals surface area contributed by atoms with E-state index in [0.29, 0.717) is 17.9 Å². The van der Waals surface area contributed by atoms with E-state index in [4.69, 9.17) is 11.6 Å². The Kier molecular flexibility index (Phi) is 12.4. The van der Waals surface area contributed by atoms with Crippen molar-refractivity contribution in [3.05, 3.63) is 64.2 Å². The highest BCUT2D eigenvalue weighted by atomic mass is 35.5. The van der Waals surface area contributed by atoms with Crippen molar-refractivity contribution in [2.24, 2.45) is 0 Å². The number of allylic oxidation sites excluding steroid dienone is 2. The SMILES string of the molecule is CN(CCCCCCC1=C(c2ccccc2)CCCc2c1ccc(O)c2Cl)CCCCS(=O)(=O)CCC(F)(F)F. The Labute approximate surface area is 242 Å². The van der Waals surface area contributed by atoms with Crippen molar-refractivity contribution in [1.82, 2.24) is 4.90 Å². The molecule has 0 fully saturated rings. The molecule has 9 heteroatoms. The molecule has 2 aromatic rings. The van der Waals surface area contributed by atoms with Crippen molar-refractivity contribution in [3.63, 3.8) is 0 Å². The van der Waals surface area contributed by atoms with Gasteiger partial charge in [0.15, 0.2) is 9.84 Å². The molecule has 222 valence electrons. The van der Waals surface area contributed by atoms with Gasteiger partial charge in [0, 0.05) is 0 Å². The molecule has 0 amide bonds. The number of aromatic hydroxyl groups is 1. The van der Waals surface area contributed by atoms with Crippen LogP contribution in [0.1, 0.15) is 80.9 Å². The first-order valence-electron chi connectivity index (χ1n) is 14.2. The van der Waals surface area contributed by atoms with Gasteiger partial charge in [0.2, 0.25) is 0 Å². The normalized spacial score (nSPS) is 14.4. The van der Waals surface area contributed by atoms with Crippen LogP contribution in [-0.4, -0.2) is 56.2 Å². The number of rotatable bonds is 15. The maximum absolute atomic E-state index is 12.3. The van der Waals surface area contributed by atoms with Gasteiger partial charge in [-0.2, -0.15) is 13.2 Å². The molecule has 2 aromatic carbocycles. The van der Waals surface area contributed by atoms with Crippen LogP contribution in [0, 0.1) is 0 Å². The van der Waals surface area contributed by atoms with E-state index in [9.17, 15) is 26.7 Å². The van der Waals surface area contributed by atoms with Crippen LogP contribution in [0.4, 0.5) is 13.2 Å². The molecule has 0 saturated carbocycles. The molecule has 0 aromatic heterocycles. The Morgan fingerprint density at radius 1 is 0.900 bits per heavy atom. The molecule has 1 aliphatic rings. The lowest BCUT2D eigenvalue weighted by Gasteiger charge is -2.18. The van der Waals surface area contributed by atoms with Gasteiger partial charge in [-0.1, -0.05) is 60.8 Å². The van der Waals surface area contributed by atoms with Crippen molar-refractivity contribution < 1.29 is 26.7 Å². The summed E-state index contributed by atoms with van der Waals surface area (Å²) in [5.74, 6) is -0.877. The lowest BCUT2D eigenvalue weighted by molar-refractivity contribution is -0.129. The van der Waals surface area contributed by atoms with Gasteiger partial charge < -0.3 is 10.0 Å². The Bertz CT molecular complexity index is 1230. The van der Waals surface area contributed by atoms with E-state index in [0.717, 1.165) is 75.6 Å². The highest BCUT2D eigenvalue weighted by Crippen LogP contribution is 2.42. The minimum atomic E-state index is -4.44. The van der Waals surface area contributed by atoms with E-state index in [-0.39, 0.29) is 11.5 Å². The van der Waals surface area contributed by atoms with Crippen LogP contribution in [0.15, 0.2) is 42.5 Å². The zero-order chi connectivity index (χ0) is 29.2. The number of unbranched alkanes of at least 4 members (excludes halogenated alkanes) is 4. The summed E-state index contributed by atoms with van der Waals surface area (Å²) < 4.78 is 60.4. The summed E-state index contributed by atoms with van der Waals surface area (Å²) in [6.45, 7) is 1.63. The Morgan fingerprint density at radius 2 is 1.57 bits per heavy atom. The molecule has 0 aliphatic heterocycles. The van der Waals surface area contributed by atoms with Crippen molar-refractivity contribution in [1.29, 1.82) is 0 Å². The van der Waals surface area contributed by atoms with E-state index in [1.807, 2.05) is 19.2 Å². The lowest BCUT2D eigenvalue weighted by Crippen LogP contribution is -2.22. The molecular weight excluding hydrogens is 559 g/mol. The highest BCUT2D eigenvalue weighted by molar-refractivity contribution is 7.91. The number of hydrogen-bond acceptors (Lipinski definition) is 4. The van der Waals surface area contributed by atoms with E-state index < -0.39 is 28.2 Å². The summed E-state index contributed by atoms with van der Waals surface area (Å²) in [6, 6.07) is 14.2. The third-order valence-electron chi connectivity index (χ3n) is 7.55. The summed E-state index contributed by atoms with van der Waals surface area (Å²) in [5, 5.41) is 10.7. The second-order valence-electron chi connectivity index (χ2n) is 10.8. The fourth-order valence-corrected chi connectivity index (χ4v) is 7.01. The maximum Gasteiger partial charge on any atom is 0.390 e. The molecule has 0 radical (unpaired) electrons. The predicted octanol–water partition coefficient (Wildman–Crippen LogP) is 8.32. The highest BCUT2D eigenvalue weighted by Gasteiger charge is 2.29. The molecule has 0 spiro atoms. The summed E-state index contributed by atoms with van der Waals surface area (Å²) in [5.41, 5.74) is 6.12. The molecule has 0 bridgehead atoms. The Morgan fingerprint density at radius 3 is 2.27 bits per heavy atom. The average molecular weight is 600 g/mol. The lowest BCUT2D eigenvalue weighted by atomic mass is 9.89. The van der Waals surface area contributed by atoms with Crippen molar-refractivity contribution >= 4 is 32.6 Å². The van der Waals surface area contributed by atoms with Gasteiger partial charge in [0.05, 0.1) is 22.9 Å². The minimum Gasteiger partial charge on any atom is -0.506 e. The maximum atomic E-state index is 12.3. The molecule has 1 N–H and O–H groups in total. The Balaban J connectivity index is 1.45. The number of phenolic OH excluding ortho intramolecular Hbond substituents is 1. The smallest absolute Gasteiger partial charge is 0.390 e. The third-order valence-corrected chi connectivity index (χ3v) is 9.70.